The van der Waals surface area contributed by atoms with Crippen LogP contribution in [0.1, 0.15) is 33.3 Å². The van der Waals surface area contributed by atoms with Gasteiger partial charge in [-0.05, 0) is 47.0 Å². The average Bonchev–Trinajstić information content (AvgIpc) is 3.11. The summed E-state index contributed by atoms with van der Waals surface area (Å²) in [6, 6.07) is 21.2. The molecule has 0 spiro atoms. The molecule has 1 unspecified atom stereocenters. The Labute approximate surface area is 212 Å². The Bertz CT molecular complexity index is 1360. The van der Waals surface area contributed by atoms with Gasteiger partial charge in [0.2, 0.25) is 0 Å². The zero-order valence-corrected chi connectivity index (χ0v) is 22.3. The molecular formula is C28H29Cl2NO2S. The Morgan fingerprint density at radius 2 is 1.56 bits per heavy atom. The van der Waals surface area contributed by atoms with Crippen LogP contribution in [-0.2, 0) is 15.3 Å². The minimum absolute atomic E-state index is 0.0929. The van der Waals surface area contributed by atoms with Gasteiger partial charge in [-0.3, -0.25) is 0 Å². The van der Waals surface area contributed by atoms with Gasteiger partial charge in [0.1, 0.15) is 0 Å². The lowest BCUT2D eigenvalue weighted by molar-refractivity contribution is 0.272. The summed E-state index contributed by atoms with van der Waals surface area (Å²) in [5, 5.41) is 1.15. The Balaban J connectivity index is 1.71. The predicted octanol–water partition coefficient (Wildman–Crippen LogP) is 7.77. The van der Waals surface area contributed by atoms with Crippen molar-refractivity contribution in [2.45, 2.75) is 44.0 Å². The Morgan fingerprint density at radius 3 is 2.21 bits per heavy atom. The van der Waals surface area contributed by atoms with Gasteiger partial charge in [0.05, 0.1) is 21.0 Å². The zero-order valence-electron chi connectivity index (χ0n) is 20.0. The van der Waals surface area contributed by atoms with Crippen molar-refractivity contribution in [3.8, 4) is 11.1 Å². The second-order valence-corrected chi connectivity index (χ2v) is 12.9. The van der Waals surface area contributed by atoms with Crippen molar-refractivity contribution in [1.29, 1.82) is 0 Å². The summed E-state index contributed by atoms with van der Waals surface area (Å²) in [6.07, 6.45) is 5.61. The second-order valence-electron chi connectivity index (χ2n) is 10.1. The van der Waals surface area contributed by atoms with Crippen molar-refractivity contribution in [1.82, 2.24) is 0 Å². The fourth-order valence-electron chi connectivity index (χ4n) is 5.20. The third kappa shape index (κ3) is 4.51. The normalized spacial score (nSPS) is 17.9. The predicted molar refractivity (Wildman–Crippen MR) is 144 cm³/mol. The fraction of sp³-hybridized carbons (Fsp3) is 0.286. The van der Waals surface area contributed by atoms with Gasteiger partial charge in [0, 0.05) is 29.0 Å². The molecule has 1 aliphatic heterocycles. The lowest BCUT2D eigenvalue weighted by atomic mass is 9.67. The van der Waals surface area contributed by atoms with Crippen molar-refractivity contribution < 1.29 is 8.42 Å². The number of nitrogens with zero attached hydrogens (tertiary/aromatic N) is 1. The number of benzene rings is 3. The van der Waals surface area contributed by atoms with Crippen LogP contribution in [-0.4, -0.2) is 20.7 Å². The van der Waals surface area contributed by atoms with Crippen molar-refractivity contribution in [2.75, 3.05) is 11.2 Å². The van der Waals surface area contributed by atoms with E-state index in [0.717, 1.165) is 22.4 Å². The lowest BCUT2D eigenvalue weighted by Gasteiger charge is -2.46. The van der Waals surface area contributed by atoms with E-state index in [-0.39, 0.29) is 16.9 Å². The number of sulfone groups is 1. The van der Waals surface area contributed by atoms with E-state index in [1.165, 1.54) is 6.26 Å². The minimum Gasteiger partial charge on any atom is -0.343 e. The number of hydrogen-bond acceptors (Lipinski definition) is 3. The quantitative estimate of drug-likeness (QED) is 0.349. The summed E-state index contributed by atoms with van der Waals surface area (Å²) in [5.41, 5.74) is 3.48. The highest BCUT2D eigenvalue weighted by Gasteiger charge is 2.47. The monoisotopic (exact) mass is 513 g/mol. The van der Waals surface area contributed by atoms with E-state index in [1.807, 2.05) is 30.3 Å². The molecule has 0 fully saturated rings. The maximum Gasteiger partial charge on any atom is 0.175 e. The van der Waals surface area contributed by atoms with Crippen molar-refractivity contribution in [2.24, 2.45) is 5.41 Å². The molecule has 34 heavy (non-hydrogen) atoms. The van der Waals surface area contributed by atoms with Crippen LogP contribution in [0.4, 0.5) is 5.69 Å². The molecule has 0 aliphatic carbocycles. The molecule has 3 aromatic rings. The Hall–Kier alpha value is -2.27. The summed E-state index contributed by atoms with van der Waals surface area (Å²) >= 11 is 13.0. The summed E-state index contributed by atoms with van der Waals surface area (Å²) in [6.45, 7) is 8.89. The average molecular weight is 515 g/mol. The summed E-state index contributed by atoms with van der Waals surface area (Å²) in [4.78, 5) is 2.62. The van der Waals surface area contributed by atoms with E-state index in [4.69, 9.17) is 23.2 Å². The topological polar surface area (TPSA) is 37.4 Å². The molecule has 0 saturated heterocycles. The maximum atomic E-state index is 12.0. The van der Waals surface area contributed by atoms with Gasteiger partial charge in [-0.25, -0.2) is 8.42 Å². The van der Waals surface area contributed by atoms with Gasteiger partial charge in [0.25, 0.3) is 0 Å². The molecule has 1 heterocycles. The number of anilines is 1. The highest BCUT2D eigenvalue weighted by Crippen LogP contribution is 2.49. The zero-order chi connectivity index (χ0) is 24.9. The van der Waals surface area contributed by atoms with Crippen LogP contribution in [0.15, 0.2) is 83.9 Å². The molecule has 0 amide bonds. The smallest absolute Gasteiger partial charge is 0.175 e. The summed E-state index contributed by atoms with van der Waals surface area (Å²) < 4.78 is 23.9. The molecule has 3 nitrogen and oxygen atoms in total. The van der Waals surface area contributed by atoms with E-state index in [0.29, 0.717) is 14.9 Å². The van der Waals surface area contributed by atoms with E-state index >= 15 is 0 Å². The maximum absolute atomic E-state index is 12.0. The van der Waals surface area contributed by atoms with Crippen molar-refractivity contribution in [3.63, 3.8) is 0 Å². The van der Waals surface area contributed by atoms with Crippen LogP contribution in [0.3, 0.4) is 0 Å². The third-order valence-corrected chi connectivity index (χ3v) is 8.67. The molecule has 1 aliphatic rings. The summed E-state index contributed by atoms with van der Waals surface area (Å²) in [5.74, 6) is 0. The first-order chi connectivity index (χ1) is 15.8. The van der Waals surface area contributed by atoms with Gasteiger partial charge in [-0.15, -0.1) is 0 Å². The highest BCUT2D eigenvalue weighted by atomic mass is 35.5. The van der Waals surface area contributed by atoms with Crippen LogP contribution in [0.25, 0.3) is 11.1 Å². The van der Waals surface area contributed by atoms with Crippen LogP contribution in [0.2, 0.25) is 10.0 Å². The van der Waals surface area contributed by atoms with E-state index in [2.05, 4.69) is 63.1 Å². The van der Waals surface area contributed by atoms with Gasteiger partial charge >= 0.3 is 0 Å². The highest BCUT2D eigenvalue weighted by molar-refractivity contribution is 7.90. The molecule has 0 saturated carbocycles. The van der Waals surface area contributed by atoms with Gasteiger partial charge in [0.15, 0.2) is 9.84 Å². The minimum atomic E-state index is -3.26. The molecule has 3 aromatic carbocycles. The first kappa shape index (κ1) is 24.8. The first-order valence-corrected chi connectivity index (χ1v) is 13.8. The van der Waals surface area contributed by atoms with Crippen LogP contribution < -0.4 is 4.90 Å². The SMILES string of the molecule is CC1(C)C=CN(c2ccc(-c3cccc(S(C)(=O)=O)c3)cc2)C1C(C)(C)c1cccc(Cl)c1Cl. The molecule has 1 atom stereocenters. The Morgan fingerprint density at radius 1 is 0.912 bits per heavy atom. The molecule has 178 valence electrons. The molecule has 6 heteroatoms. The van der Waals surface area contributed by atoms with Gasteiger partial charge in [-0.2, -0.15) is 0 Å². The molecule has 0 N–H and O–H groups in total. The molecular weight excluding hydrogens is 485 g/mol. The number of hydrogen-bond donors (Lipinski definition) is 0. The second kappa shape index (κ2) is 8.75. The van der Waals surface area contributed by atoms with E-state index < -0.39 is 9.84 Å². The summed E-state index contributed by atoms with van der Waals surface area (Å²) in [7, 11) is -3.26. The molecule has 4 rings (SSSR count). The molecule has 0 radical (unpaired) electrons. The molecule has 0 aromatic heterocycles. The number of halogens is 2. The third-order valence-electron chi connectivity index (χ3n) is 6.74. The van der Waals surface area contributed by atoms with Crippen molar-refractivity contribution in [3.05, 3.63) is 94.6 Å². The van der Waals surface area contributed by atoms with Gasteiger partial charge < -0.3 is 4.90 Å². The first-order valence-electron chi connectivity index (χ1n) is 11.1. The van der Waals surface area contributed by atoms with E-state index in [1.54, 1.807) is 18.2 Å². The van der Waals surface area contributed by atoms with Crippen molar-refractivity contribution >= 4 is 38.7 Å². The van der Waals surface area contributed by atoms with Crippen LogP contribution >= 0.6 is 23.2 Å². The van der Waals surface area contributed by atoms with Crippen LogP contribution in [0.5, 0.6) is 0 Å². The molecule has 0 bridgehead atoms. The largest absolute Gasteiger partial charge is 0.343 e. The van der Waals surface area contributed by atoms with E-state index in [9.17, 15) is 8.42 Å². The lowest BCUT2D eigenvalue weighted by Crippen LogP contribution is -2.50. The number of rotatable bonds is 5. The Kier molecular flexibility index (Phi) is 6.39. The standard InChI is InChI=1S/C28H29Cl2NO2S/c1-27(2)16-17-31(26(27)28(3,4)23-10-7-11-24(29)25(23)30)21-14-12-19(13-15-21)20-8-6-9-22(18-20)34(5,32)33/h6-18,26H,1-5H3. The van der Waals surface area contributed by atoms with Gasteiger partial charge in [-0.1, -0.05) is 93.4 Å². The van der Waals surface area contributed by atoms with Crippen LogP contribution in [0, 0.1) is 5.41 Å². The fourth-order valence-corrected chi connectivity index (χ4v) is 6.41.